The zero-order valence-corrected chi connectivity index (χ0v) is 15.5. The van der Waals surface area contributed by atoms with Gasteiger partial charge in [-0.15, -0.1) is 0 Å². The molecule has 0 bridgehead atoms. The van der Waals surface area contributed by atoms with E-state index < -0.39 is 11.9 Å². The van der Waals surface area contributed by atoms with Crippen molar-refractivity contribution in [3.63, 3.8) is 0 Å². The van der Waals surface area contributed by atoms with Gasteiger partial charge in [-0.1, -0.05) is 25.3 Å². The Kier molecular flexibility index (Phi) is 7.03. The van der Waals surface area contributed by atoms with Crippen molar-refractivity contribution in [3.8, 4) is 0 Å². The molecule has 118 valence electrons. The third-order valence-corrected chi connectivity index (χ3v) is 4.07. The van der Waals surface area contributed by atoms with Crippen LogP contribution < -0.4 is 0 Å². The molecule has 0 radical (unpaired) electrons. The molecule has 0 saturated heterocycles. The van der Waals surface area contributed by atoms with Crippen LogP contribution >= 0.6 is 32.5 Å². The summed E-state index contributed by atoms with van der Waals surface area (Å²) in [4.78, 5) is 23.0. The molecule has 0 unspecified atom stereocenters. The van der Waals surface area contributed by atoms with Crippen LogP contribution in [0.2, 0.25) is 0 Å². The lowest BCUT2D eigenvalue weighted by molar-refractivity contribution is -0.129. The maximum Gasteiger partial charge on any atom is 0.345 e. The van der Waals surface area contributed by atoms with Crippen molar-refractivity contribution < 1.29 is 17.2 Å². The fraction of sp³-hybridized carbons (Fsp3) is 0.250. The van der Waals surface area contributed by atoms with Gasteiger partial charge in [0.25, 0.3) is 0 Å². The van der Waals surface area contributed by atoms with Gasteiger partial charge in [0.1, 0.15) is 0 Å². The molecular weight excluding hydrogens is 416 g/mol. The van der Waals surface area contributed by atoms with E-state index in [0.29, 0.717) is 24.0 Å². The van der Waals surface area contributed by atoms with Gasteiger partial charge in [0.2, 0.25) is 0 Å². The third-order valence-electron chi connectivity index (χ3n) is 3.48. The van der Waals surface area contributed by atoms with E-state index in [9.17, 15) is 9.59 Å². The lowest BCUT2D eigenvalue weighted by Crippen LogP contribution is -2.10. The molecule has 1 aromatic rings. The van der Waals surface area contributed by atoms with Gasteiger partial charge in [-0.05, 0) is 36.1 Å². The number of benzene rings is 1. The predicted octanol–water partition coefficient (Wildman–Crippen LogP) is 4.21. The Morgan fingerprint density at radius 3 is 2.00 bits per heavy atom. The summed E-state index contributed by atoms with van der Waals surface area (Å²) < 4.78 is 9.00. The molecule has 0 amide bonds. The molecular formula is C16H16Br2O4. The van der Waals surface area contributed by atoms with E-state index in [0.717, 1.165) is 22.3 Å². The van der Waals surface area contributed by atoms with E-state index in [1.807, 2.05) is 26.0 Å². The van der Waals surface area contributed by atoms with Crippen LogP contribution in [0, 0.1) is 13.8 Å². The summed E-state index contributed by atoms with van der Waals surface area (Å²) in [5, 5.41) is 0. The van der Waals surface area contributed by atoms with Gasteiger partial charge >= 0.3 is 11.9 Å². The van der Waals surface area contributed by atoms with Crippen LogP contribution in [-0.4, -0.2) is 11.9 Å². The Labute approximate surface area is 147 Å². The average Bonchev–Trinajstić information content (AvgIpc) is 2.52. The molecule has 0 aliphatic rings. The quantitative estimate of drug-likeness (QED) is 0.633. The Hall–Kier alpha value is -1.40. The molecule has 0 saturated carbocycles. The van der Waals surface area contributed by atoms with Gasteiger partial charge in [0, 0.05) is 24.0 Å². The second-order valence-corrected chi connectivity index (χ2v) is 5.58. The molecule has 6 heteroatoms. The number of hydrogen-bond donors (Lipinski definition) is 0. The summed E-state index contributed by atoms with van der Waals surface area (Å²) in [7, 11) is 0. The summed E-state index contributed by atoms with van der Waals surface area (Å²) >= 11 is 5.31. The minimum Gasteiger partial charge on any atom is -0.380 e. The van der Waals surface area contributed by atoms with Crippen molar-refractivity contribution >= 4 is 44.5 Å². The summed E-state index contributed by atoms with van der Waals surface area (Å²) in [6.07, 6.45) is 0.668. The number of rotatable bonds is 6. The second-order valence-electron chi connectivity index (χ2n) is 4.94. The lowest BCUT2D eigenvalue weighted by Gasteiger charge is -2.15. The zero-order valence-electron chi connectivity index (χ0n) is 12.4. The van der Waals surface area contributed by atoms with Crippen molar-refractivity contribution in [1.82, 2.24) is 0 Å². The topological polar surface area (TPSA) is 52.6 Å². The molecule has 0 heterocycles. The third kappa shape index (κ3) is 4.55. The maximum absolute atomic E-state index is 11.5. The van der Waals surface area contributed by atoms with Crippen molar-refractivity contribution in [3.05, 3.63) is 58.7 Å². The maximum atomic E-state index is 11.5. The van der Waals surface area contributed by atoms with E-state index in [-0.39, 0.29) is 0 Å². The highest BCUT2D eigenvalue weighted by Crippen LogP contribution is 2.24. The number of aryl methyl sites for hydroxylation is 1. The molecule has 0 atom stereocenters. The molecule has 22 heavy (non-hydrogen) atoms. The van der Waals surface area contributed by atoms with Gasteiger partial charge in [-0.2, -0.15) is 0 Å². The first kappa shape index (κ1) is 18.6. The second kappa shape index (κ2) is 8.29. The van der Waals surface area contributed by atoms with Crippen LogP contribution in [0.1, 0.15) is 22.3 Å². The first-order valence-corrected chi connectivity index (χ1v) is 7.70. The van der Waals surface area contributed by atoms with Gasteiger partial charge in [-0.3, -0.25) is 0 Å². The van der Waals surface area contributed by atoms with Crippen LogP contribution in [0.4, 0.5) is 0 Å². The molecule has 0 N–H and O–H groups in total. The van der Waals surface area contributed by atoms with E-state index in [4.69, 9.17) is 0 Å². The smallest absolute Gasteiger partial charge is 0.345 e. The Morgan fingerprint density at radius 2 is 1.50 bits per heavy atom. The highest BCUT2D eigenvalue weighted by molar-refractivity contribution is 9.06. The molecule has 0 aliphatic carbocycles. The number of halogens is 2. The highest BCUT2D eigenvalue weighted by Gasteiger charge is 2.17. The van der Waals surface area contributed by atoms with E-state index >= 15 is 0 Å². The minimum atomic E-state index is -0.525. The Morgan fingerprint density at radius 1 is 1.00 bits per heavy atom. The van der Waals surface area contributed by atoms with Crippen LogP contribution in [0.5, 0.6) is 0 Å². The lowest BCUT2D eigenvalue weighted by atomic mass is 9.90. The fourth-order valence-electron chi connectivity index (χ4n) is 2.04. The Bertz CT molecular complexity index is 635. The first-order chi connectivity index (χ1) is 10.3. The molecule has 1 rings (SSSR count). The molecule has 1 aromatic carbocycles. The normalized spacial score (nSPS) is 10.0. The highest BCUT2D eigenvalue weighted by atomic mass is 79.9. The van der Waals surface area contributed by atoms with Crippen LogP contribution in [0.3, 0.4) is 0 Å². The SMILES string of the molecule is C=C(Cc1ccc(C)c(C)c1CC(=C)C(=O)OBr)C(=O)OBr. The molecule has 0 spiro atoms. The fourth-order valence-corrected chi connectivity index (χ4v) is 2.50. The zero-order chi connectivity index (χ0) is 16.9. The van der Waals surface area contributed by atoms with E-state index in [1.54, 1.807) is 0 Å². The van der Waals surface area contributed by atoms with E-state index in [2.05, 4.69) is 53.3 Å². The number of carbonyl (C=O) groups is 2. The van der Waals surface area contributed by atoms with Gasteiger partial charge in [0.15, 0.2) is 32.5 Å². The minimum absolute atomic E-state index is 0.315. The van der Waals surface area contributed by atoms with Crippen LogP contribution in [-0.2, 0) is 30.1 Å². The summed E-state index contributed by atoms with van der Waals surface area (Å²) in [6, 6.07) is 3.88. The largest absolute Gasteiger partial charge is 0.380 e. The number of hydrogen-bond acceptors (Lipinski definition) is 4. The monoisotopic (exact) mass is 430 g/mol. The standard InChI is InChI=1S/C16H16Br2O4/c1-9-5-6-13(7-10(2)15(19)21-17)14(12(9)4)8-11(3)16(20)22-18/h5-6H,2-3,7-8H2,1,4H3. The summed E-state index contributed by atoms with van der Waals surface area (Å²) in [5.41, 5.74) is 4.60. The molecule has 0 fully saturated rings. The first-order valence-electron chi connectivity index (χ1n) is 6.41. The van der Waals surface area contributed by atoms with E-state index in [1.165, 1.54) is 0 Å². The Balaban J connectivity index is 3.15. The predicted molar refractivity (Wildman–Crippen MR) is 91.6 cm³/mol. The number of carbonyl (C=O) groups excluding carboxylic acids is 2. The summed E-state index contributed by atoms with van der Waals surface area (Å²) in [5.74, 6) is -1.05. The van der Waals surface area contributed by atoms with Crippen molar-refractivity contribution in [2.45, 2.75) is 26.7 Å². The van der Waals surface area contributed by atoms with Crippen LogP contribution in [0.15, 0.2) is 36.4 Å². The molecule has 0 aromatic heterocycles. The average molecular weight is 432 g/mol. The summed E-state index contributed by atoms with van der Waals surface area (Å²) in [6.45, 7) is 11.4. The van der Waals surface area contributed by atoms with Gasteiger partial charge in [0.05, 0.1) is 0 Å². The van der Waals surface area contributed by atoms with Gasteiger partial charge in [-0.25, -0.2) is 9.59 Å². The van der Waals surface area contributed by atoms with Crippen LogP contribution in [0.25, 0.3) is 0 Å². The van der Waals surface area contributed by atoms with Gasteiger partial charge < -0.3 is 7.66 Å². The molecule has 0 aliphatic heterocycles. The van der Waals surface area contributed by atoms with Crippen molar-refractivity contribution in [2.24, 2.45) is 0 Å². The molecule has 4 nitrogen and oxygen atoms in total. The van der Waals surface area contributed by atoms with Crippen molar-refractivity contribution in [1.29, 1.82) is 0 Å². The van der Waals surface area contributed by atoms with Crippen molar-refractivity contribution in [2.75, 3.05) is 0 Å².